The third kappa shape index (κ3) is 10.3. The van der Waals surface area contributed by atoms with Crippen LogP contribution < -0.4 is 16.2 Å². The molecule has 0 amide bonds. The van der Waals surface area contributed by atoms with Gasteiger partial charge in [0.2, 0.25) is 17.5 Å². The number of aliphatic hydroxyl groups excluding tert-OH is 1. The van der Waals surface area contributed by atoms with Gasteiger partial charge in [0.25, 0.3) is 0 Å². The van der Waals surface area contributed by atoms with E-state index in [2.05, 4.69) is 26.9 Å². The molecule has 0 radical (unpaired) electrons. The predicted molar refractivity (Wildman–Crippen MR) is 188 cm³/mol. The molecule has 3 fully saturated rings. The number of H-pyrrole nitrogens is 1. The molecule has 0 spiro atoms. The summed E-state index contributed by atoms with van der Waals surface area (Å²) in [5.41, 5.74) is 8.04. The molecule has 0 bridgehead atoms. The van der Waals surface area contributed by atoms with Crippen molar-refractivity contribution in [3.8, 4) is 5.88 Å². The highest BCUT2D eigenvalue weighted by Gasteiger charge is 2.44. The highest BCUT2D eigenvalue weighted by atomic mass is 16.7. The van der Waals surface area contributed by atoms with E-state index in [4.69, 9.17) is 29.8 Å². The number of nitrogens with two attached hydrogens (primary N) is 1. The molecule has 274 valence electrons. The van der Waals surface area contributed by atoms with Gasteiger partial charge in [0.05, 0.1) is 5.92 Å². The van der Waals surface area contributed by atoms with Crippen molar-refractivity contribution >= 4 is 16.9 Å². The van der Waals surface area contributed by atoms with Crippen molar-refractivity contribution in [2.24, 2.45) is 18.7 Å². The number of fused-ring (bicyclic) bond motifs is 1. The van der Waals surface area contributed by atoms with Crippen LogP contribution in [0.1, 0.15) is 109 Å². The van der Waals surface area contributed by atoms with Crippen LogP contribution >= 0.6 is 0 Å². The largest absolute Gasteiger partial charge is 0.474 e. The molecule has 2 aliphatic heterocycles. The molecule has 3 atom stereocenters. The third-order valence-electron chi connectivity index (χ3n) is 9.11. The van der Waals surface area contributed by atoms with E-state index in [0.29, 0.717) is 49.3 Å². The molecule has 4 N–H and O–H groups in total. The monoisotopic (exact) mass is 678 g/mol. The normalized spacial score (nSPS) is 23.1. The first-order valence-corrected chi connectivity index (χ1v) is 17.8. The summed E-state index contributed by atoms with van der Waals surface area (Å²) in [7, 11) is 6.33. The molecule has 2 unspecified atom stereocenters. The Bertz CT molecular complexity index is 1320. The first-order valence-electron chi connectivity index (χ1n) is 17.8. The Labute approximate surface area is 286 Å². The number of imidazole rings is 1. The van der Waals surface area contributed by atoms with E-state index in [0.717, 1.165) is 59.0 Å². The number of methoxy groups -OCH3 is 1. The average Bonchev–Trinajstić information content (AvgIpc) is 3.68. The number of nitrogens with one attached hydrogen (secondary N) is 1. The number of hydrogen-bond acceptors (Lipinski definition) is 11. The van der Waals surface area contributed by atoms with Gasteiger partial charge in [-0.3, -0.25) is 14.3 Å². The lowest BCUT2D eigenvalue weighted by Gasteiger charge is -2.43. The van der Waals surface area contributed by atoms with Gasteiger partial charge in [-0.2, -0.15) is 4.98 Å². The molecule has 1 saturated carbocycles. The second kappa shape index (κ2) is 21.3. The van der Waals surface area contributed by atoms with E-state index < -0.39 is 5.79 Å². The van der Waals surface area contributed by atoms with Crippen LogP contribution in [0.15, 0.2) is 16.1 Å². The Morgan fingerprint density at radius 1 is 1.06 bits per heavy atom. The molecule has 2 saturated heterocycles. The fourth-order valence-corrected chi connectivity index (χ4v) is 6.58. The molecule has 13 nitrogen and oxygen atoms in total. The van der Waals surface area contributed by atoms with E-state index in [-0.39, 0.29) is 40.8 Å². The molecule has 4 heterocycles. The van der Waals surface area contributed by atoms with Gasteiger partial charge in [-0.25, -0.2) is 9.78 Å². The van der Waals surface area contributed by atoms with Crippen molar-refractivity contribution in [3.05, 3.63) is 27.6 Å². The van der Waals surface area contributed by atoms with Crippen LogP contribution in [0.5, 0.6) is 5.88 Å². The standard InChI is InChI=1S/C27H42N6O5.C5H10O.C2H6.CH4O/c1-6-11-18(20(28)19-13-8-9-14-27(19,36-5)38-7-2)22(34)24-29-23-21(33(4)26(35)31-23)25(30-24)37-16-17-12-10-15-32(17)3;1-2-4-6-5-3-1;2*1-2/h17,19H,6-16,28H2,1-5H3,(H,29,30,31,35);1-5H2;1-2H3;2H,1H3/b20-18-;;;/t17-,19?,27?;;;/m0.../s1. The van der Waals surface area contributed by atoms with Crippen LogP contribution in [0.25, 0.3) is 11.2 Å². The van der Waals surface area contributed by atoms with Crippen LogP contribution in [-0.2, 0) is 21.3 Å². The number of aromatic amines is 1. The lowest BCUT2D eigenvalue weighted by molar-refractivity contribution is -0.258. The first-order chi connectivity index (χ1) is 23.3. The zero-order valence-electron chi connectivity index (χ0n) is 30.7. The van der Waals surface area contributed by atoms with Gasteiger partial charge in [0, 0.05) is 64.8 Å². The lowest BCUT2D eigenvalue weighted by Crippen LogP contribution is -2.48. The molecule has 2 aromatic rings. The molecule has 13 heteroatoms. The van der Waals surface area contributed by atoms with E-state index in [1.165, 1.54) is 23.8 Å². The number of carbonyl (C=O) groups is 1. The highest BCUT2D eigenvalue weighted by Crippen LogP contribution is 2.42. The lowest BCUT2D eigenvalue weighted by atomic mass is 9.78. The summed E-state index contributed by atoms with van der Waals surface area (Å²) >= 11 is 0. The van der Waals surface area contributed by atoms with Gasteiger partial charge in [-0.1, -0.05) is 33.6 Å². The maximum atomic E-state index is 14.0. The van der Waals surface area contributed by atoms with E-state index in [1.54, 1.807) is 14.2 Å². The van der Waals surface area contributed by atoms with Crippen molar-refractivity contribution in [3.63, 3.8) is 0 Å². The Morgan fingerprint density at radius 3 is 2.31 bits per heavy atom. The van der Waals surface area contributed by atoms with Gasteiger partial charge < -0.3 is 34.7 Å². The second-order valence-electron chi connectivity index (χ2n) is 12.1. The van der Waals surface area contributed by atoms with Gasteiger partial charge in [0.15, 0.2) is 17.0 Å². The van der Waals surface area contributed by atoms with Crippen LogP contribution in [0.3, 0.4) is 0 Å². The van der Waals surface area contributed by atoms with Crippen molar-refractivity contribution in [2.75, 3.05) is 54.2 Å². The van der Waals surface area contributed by atoms with Crippen LogP contribution in [0.4, 0.5) is 0 Å². The van der Waals surface area contributed by atoms with Crippen LogP contribution in [0, 0.1) is 5.92 Å². The molecular weight excluding hydrogens is 616 g/mol. The van der Waals surface area contributed by atoms with E-state index in [9.17, 15) is 9.59 Å². The van der Waals surface area contributed by atoms with Crippen molar-refractivity contribution in [1.29, 1.82) is 0 Å². The fraction of sp³-hybridized carbons (Fsp3) is 0.771. The number of allylic oxidation sites excluding steroid dienone is 1. The highest BCUT2D eigenvalue weighted by molar-refractivity contribution is 6.07. The minimum atomic E-state index is -0.868. The number of carbonyl (C=O) groups excluding carboxylic acids is 1. The van der Waals surface area contributed by atoms with Crippen LogP contribution in [-0.4, -0.2) is 101 Å². The minimum Gasteiger partial charge on any atom is -0.474 e. The molecule has 2 aromatic heterocycles. The van der Waals surface area contributed by atoms with E-state index in [1.807, 2.05) is 27.7 Å². The average molecular weight is 679 g/mol. The zero-order chi connectivity index (χ0) is 35.7. The first kappa shape index (κ1) is 41.3. The Kier molecular flexibility index (Phi) is 18.3. The van der Waals surface area contributed by atoms with Gasteiger partial charge in [-0.05, 0) is 71.9 Å². The number of likely N-dealkylation sites (tertiary alicyclic amines) is 1. The molecule has 48 heavy (non-hydrogen) atoms. The van der Waals surface area contributed by atoms with Crippen molar-refractivity contribution in [2.45, 2.75) is 110 Å². The number of rotatable bonds is 11. The van der Waals surface area contributed by atoms with Crippen LogP contribution in [0.2, 0.25) is 0 Å². The summed E-state index contributed by atoms with van der Waals surface area (Å²) in [6, 6.07) is 0.244. The zero-order valence-corrected chi connectivity index (χ0v) is 30.7. The summed E-state index contributed by atoms with van der Waals surface area (Å²) in [5.74, 6) is -1.33. The quantitative estimate of drug-likeness (QED) is 0.171. The van der Waals surface area contributed by atoms with Crippen molar-refractivity contribution < 1.29 is 28.8 Å². The number of likely N-dealkylation sites (N-methyl/N-ethyl adjacent to an activating group) is 1. The summed E-state index contributed by atoms with van der Waals surface area (Å²) < 4.78 is 24.6. The maximum absolute atomic E-state index is 14.0. The summed E-state index contributed by atoms with van der Waals surface area (Å²) in [6.07, 6.45) is 10.6. The molecular formula is C35H62N6O7. The Morgan fingerprint density at radius 2 is 1.77 bits per heavy atom. The molecule has 1 aliphatic carbocycles. The number of aliphatic hydroxyl groups is 1. The number of nitrogens with zero attached hydrogens (tertiary/aromatic N) is 4. The molecule has 5 rings (SSSR count). The summed E-state index contributed by atoms with van der Waals surface area (Å²) in [5, 5.41) is 7.00. The number of hydrogen-bond donors (Lipinski definition) is 3. The number of aromatic nitrogens is 4. The second-order valence-corrected chi connectivity index (χ2v) is 12.1. The molecule has 0 aromatic carbocycles. The number of ketones is 1. The minimum absolute atomic E-state index is 0.0456. The number of ether oxygens (including phenoxy) is 4. The Balaban J connectivity index is 0.000000700. The SMILES string of the molecule is C1CCOCC1.CC.CCC/C(C(=O)c1nc(OC[C@@H]2CCCN2C)c2c(n1)[nH]c(=O)n2C)=C(/N)C1CCCCC1(OC)OCC.CO. The molecule has 3 aliphatic rings. The van der Waals surface area contributed by atoms with Gasteiger partial charge >= 0.3 is 5.69 Å². The van der Waals surface area contributed by atoms with E-state index >= 15 is 0 Å². The third-order valence-corrected chi connectivity index (χ3v) is 9.11. The van der Waals surface area contributed by atoms with Gasteiger partial charge in [-0.15, -0.1) is 0 Å². The predicted octanol–water partition coefficient (Wildman–Crippen LogP) is 4.72. The smallest absolute Gasteiger partial charge is 0.327 e. The number of Topliss-reactive ketones (excluding diaryl/α,β-unsaturated/α-hetero) is 1. The van der Waals surface area contributed by atoms with Gasteiger partial charge in [0.1, 0.15) is 6.61 Å². The summed E-state index contributed by atoms with van der Waals surface area (Å²) in [4.78, 5) is 40.4. The summed E-state index contributed by atoms with van der Waals surface area (Å²) in [6.45, 7) is 11.8. The topological polar surface area (TPSA) is 167 Å². The number of aryl methyl sites for hydroxylation is 1. The van der Waals surface area contributed by atoms with Crippen molar-refractivity contribution in [1.82, 2.24) is 24.4 Å². The maximum Gasteiger partial charge on any atom is 0.327 e. The fourth-order valence-electron chi connectivity index (χ4n) is 6.58. The Hall–Kier alpha value is -2.84.